The molecule has 0 radical (unpaired) electrons. The van der Waals surface area contributed by atoms with Crippen molar-refractivity contribution in [3.8, 4) is 11.5 Å². The molecule has 3 aromatic carbocycles. The second-order valence-electron chi connectivity index (χ2n) is 13.7. The summed E-state index contributed by atoms with van der Waals surface area (Å²) in [6.45, 7) is 5.43. The molecule has 2 unspecified atom stereocenters. The number of hydrogen-bond acceptors (Lipinski definition) is 8. The van der Waals surface area contributed by atoms with E-state index in [9.17, 15) is 44.1 Å². The second-order valence-corrected chi connectivity index (χ2v) is 13.7. The van der Waals surface area contributed by atoms with Gasteiger partial charge in [0, 0.05) is 38.6 Å². The zero-order valence-corrected chi connectivity index (χ0v) is 31.4. The quantitative estimate of drug-likeness (QED) is 0.167. The van der Waals surface area contributed by atoms with Crippen LogP contribution in [0.5, 0.6) is 11.5 Å². The Morgan fingerprint density at radius 1 is 0.614 bits per heavy atom. The van der Waals surface area contributed by atoms with E-state index < -0.39 is 45.6 Å². The molecule has 294 valence electrons. The van der Waals surface area contributed by atoms with Crippen LogP contribution in [0, 0.1) is 0 Å². The van der Waals surface area contributed by atoms with Crippen LogP contribution in [-0.2, 0) is 19.4 Å². The van der Waals surface area contributed by atoms with Crippen LogP contribution in [0.4, 0.5) is 0 Å². The van der Waals surface area contributed by atoms with Gasteiger partial charge in [-0.25, -0.2) is 9.59 Å². The molecule has 14 heteroatoms. The van der Waals surface area contributed by atoms with Crippen LogP contribution >= 0.6 is 0 Å². The van der Waals surface area contributed by atoms with E-state index in [1.807, 2.05) is 105 Å². The first-order valence-corrected chi connectivity index (χ1v) is 18.5. The van der Waals surface area contributed by atoms with Crippen LogP contribution in [-0.4, -0.2) is 84.2 Å². The van der Waals surface area contributed by atoms with Crippen molar-refractivity contribution >= 4 is 23.8 Å². The van der Waals surface area contributed by atoms with Gasteiger partial charge in [0.1, 0.15) is 17.7 Å². The summed E-state index contributed by atoms with van der Waals surface area (Å²) >= 11 is 0. The monoisotopic (exact) mass is 774 g/mol. The molecule has 0 spiro atoms. The van der Waals surface area contributed by atoms with Crippen LogP contribution in [0.25, 0.3) is 0 Å². The summed E-state index contributed by atoms with van der Waals surface area (Å²) < 4.78 is 8.88. The van der Waals surface area contributed by atoms with Crippen LogP contribution < -0.4 is 15.6 Å². The van der Waals surface area contributed by atoms with Crippen molar-refractivity contribution in [1.82, 2.24) is 18.9 Å². The van der Waals surface area contributed by atoms with E-state index in [0.717, 1.165) is 22.9 Å². The first-order valence-electron chi connectivity index (χ1n) is 18.5. The Morgan fingerprint density at radius 3 is 1.46 bits per heavy atom. The average Bonchev–Trinajstić information content (AvgIpc) is 3.21. The highest BCUT2D eigenvalue weighted by Crippen LogP contribution is 2.31. The Labute approximate surface area is 327 Å². The molecule has 0 bridgehead atoms. The number of fused-ring (bicyclic) bond motifs is 2. The Balaban J connectivity index is 0.000000199. The van der Waals surface area contributed by atoms with E-state index in [2.05, 4.69) is 0 Å². The predicted octanol–water partition coefficient (Wildman–Crippen LogP) is 4.90. The summed E-state index contributed by atoms with van der Waals surface area (Å²) in [6.07, 6.45) is 3.57. The van der Waals surface area contributed by atoms with Gasteiger partial charge in [0.2, 0.25) is 10.9 Å². The third-order valence-corrected chi connectivity index (χ3v) is 10.1. The van der Waals surface area contributed by atoms with Gasteiger partial charge >= 0.3 is 11.9 Å². The molecule has 2 aliphatic rings. The molecule has 0 saturated carbocycles. The number of carbonyl (C=O) groups is 4. The number of carboxylic acids is 2. The summed E-state index contributed by atoms with van der Waals surface area (Å²) in [5.74, 6) is -4.61. The summed E-state index contributed by atoms with van der Waals surface area (Å²) in [5, 5.41) is 29.1. The summed E-state index contributed by atoms with van der Waals surface area (Å²) in [4.78, 5) is 77.3. The number of likely N-dealkylation sites (N-methyl/N-ethyl adjacent to an activating group) is 2. The van der Waals surface area contributed by atoms with Gasteiger partial charge in [-0.1, -0.05) is 91.0 Å². The minimum Gasteiger partial charge on any atom is -0.503 e. The Morgan fingerprint density at radius 2 is 1.02 bits per heavy atom. The molecule has 4 heterocycles. The van der Waals surface area contributed by atoms with E-state index in [0.29, 0.717) is 39.0 Å². The lowest BCUT2D eigenvalue weighted by molar-refractivity contribution is 0.0649. The average molecular weight is 775 g/mol. The van der Waals surface area contributed by atoms with Crippen molar-refractivity contribution in [2.24, 2.45) is 0 Å². The maximum absolute atomic E-state index is 13.3. The smallest absolute Gasteiger partial charge is 0.341 e. The summed E-state index contributed by atoms with van der Waals surface area (Å²) in [5.41, 5.74) is 0.0459. The van der Waals surface area contributed by atoms with Crippen molar-refractivity contribution in [2.75, 3.05) is 26.2 Å². The van der Waals surface area contributed by atoms with Gasteiger partial charge in [0.15, 0.2) is 22.9 Å². The molecule has 0 saturated heterocycles. The molecule has 2 aliphatic heterocycles. The number of aromatic nitrogens is 2. The number of carbonyl (C=O) groups excluding carboxylic acids is 2. The number of aromatic carboxylic acids is 2. The zero-order chi connectivity index (χ0) is 40.8. The molecular weight excluding hydrogens is 732 g/mol. The normalized spacial score (nSPS) is 15.9. The highest BCUT2D eigenvalue weighted by atomic mass is 16.5. The lowest BCUT2D eigenvalue weighted by Crippen LogP contribution is -2.45. The lowest BCUT2D eigenvalue weighted by Gasteiger charge is -2.36. The van der Waals surface area contributed by atoms with Crippen molar-refractivity contribution in [2.45, 2.75) is 45.4 Å². The fraction of sp³-hybridized carbons (Fsp3) is 0.256. The molecule has 57 heavy (non-hydrogen) atoms. The number of aromatic hydroxyl groups is 1. The number of carboxylic acid groups (broad SMARTS) is 2. The van der Waals surface area contributed by atoms with Crippen LogP contribution in [0.2, 0.25) is 0 Å². The van der Waals surface area contributed by atoms with Gasteiger partial charge in [-0.2, -0.15) is 0 Å². The van der Waals surface area contributed by atoms with Gasteiger partial charge in [0.25, 0.3) is 11.8 Å². The Kier molecular flexibility index (Phi) is 12.0. The van der Waals surface area contributed by atoms with Gasteiger partial charge < -0.3 is 39.0 Å². The number of pyridine rings is 2. The maximum atomic E-state index is 13.3. The van der Waals surface area contributed by atoms with Gasteiger partial charge in [-0.05, 0) is 43.4 Å². The summed E-state index contributed by atoms with van der Waals surface area (Å²) in [6, 6.07) is 28.0. The highest BCUT2D eigenvalue weighted by molar-refractivity contribution is 5.98. The second kappa shape index (κ2) is 17.2. The SMILES string of the molecule is CCN1CC(Cc2ccccc2)n2cc(C(=O)O)c(=O)c(O)c2C1=O.CCN1CC(Cc2ccccc2)n2cc(C(=O)O)c(=O)c(OCc3ccccc3)c2C1=O. The number of ether oxygens (including phenoxy) is 1. The first kappa shape index (κ1) is 39.7. The number of amides is 2. The van der Waals surface area contributed by atoms with Crippen molar-refractivity contribution in [1.29, 1.82) is 0 Å². The molecule has 7 rings (SSSR count). The number of nitrogens with zero attached hydrogens (tertiary/aromatic N) is 4. The molecule has 2 atom stereocenters. The molecule has 5 aromatic rings. The van der Waals surface area contributed by atoms with Gasteiger partial charge in [-0.3, -0.25) is 19.2 Å². The van der Waals surface area contributed by atoms with Crippen LogP contribution in [0.3, 0.4) is 0 Å². The van der Waals surface area contributed by atoms with Crippen molar-refractivity contribution in [3.63, 3.8) is 0 Å². The van der Waals surface area contributed by atoms with Gasteiger partial charge in [-0.15, -0.1) is 0 Å². The van der Waals surface area contributed by atoms with Crippen molar-refractivity contribution in [3.05, 3.63) is 163 Å². The number of benzene rings is 3. The van der Waals surface area contributed by atoms with E-state index in [1.54, 1.807) is 14.4 Å². The lowest BCUT2D eigenvalue weighted by atomic mass is 10.0. The van der Waals surface area contributed by atoms with E-state index in [4.69, 9.17) is 4.74 Å². The molecule has 2 amide bonds. The zero-order valence-electron chi connectivity index (χ0n) is 31.4. The Hall–Kier alpha value is -6.96. The van der Waals surface area contributed by atoms with Gasteiger partial charge in [0.05, 0.1) is 12.1 Å². The molecule has 3 N–H and O–H groups in total. The maximum Gasteiger partial charge on any atom is 0.341 e. The molecular formula is C43H42N4O10. The number of rotatable bonds is 11. The third-order valence-electron chi connectivity index (χ3n) is 10.1. The Bertz CT molecular complexity index is 2410. The number of hydrogen-bond donors (Lipinski definition) is 3. The molecule has 0 fully saturated rings. The van der Waals surface area contributed by atoms with E-state index >= 15 is 0 Å². The third kappa shape index (κ3) is 8.34. The first-order chi connectivity index (χ1) is 27.4. The molecule has 0 aliphatic carbocycles. The fourth-order valence-electron chi connectivity index (χ4n) is 7.19. The summed E-state index contributed by atoms with van der Waals surface area (Å²) in [7, 11) is 0. The van der Waals surface area contributed by atoms with Crippen molar-refractivity contribution < 1.29 is 39.2 Å². The topological polar surface area (TPSA) is 189 Å². The highest BCUT2D eigenvalue weighted by Gasteiger charge is 2.37. The minimum atomic E-state index is -1.43. The fourth-order valence-corrected chi connectivity index (χ4v) is 7.19. The standard InChI is InChI=1S/C25H24N2O5.C18H18N2O5/c1-2-26-14-19(13-17-9-5-3-6-10-17)27-15-20(25(30)31)22(28)23(21(27)24(26)29)32-16-18-11-7-4-8-12-18;1-2-19-9-12(8-11-6-4-3-5-7-11)20-10-13(18(24)25)15(21)16(22)14(20)17(19)23/h3-12,15,19H,2,13-14,16H2,1H3,(H,30,31);3-7,10,12,22H,2,8-9H2,1H3,(H,24,25). The minimum absolute atomic E-state index is 0.0505. The van der Waals surface area contributed by atoms with E-state index in [-0.39, 0.29) is 41.7 Å². The largest absolute Gasteiger partial charge is 0.503 e. The molecule has 14 nitrogen and oxygen atoms in total. The van der Waals surface area contributed by atoms with Crippen LogP contribution in [0.15, 0.2) is 113 Å². The van der Waals surface area contributed by atoms with E-state index in [1.165, 1.54) is 10.8 Å². The van der Waals surface area contributed by atoms with Crippen LogP contribution in [0.1, 0.15) is 84.3 Å². The predicted molar refractivity (Wildman–Crippen MR) is 209 cm³/mol. The molecule has 2 aromatic heterocycles.